The van der Waals surface area contributed by atoms with E-state index in [1.165, 1.54) is 33.0 Å². The average molecular weight is 530 g/mol. The van der Waals surface area contributed by atoms with Crippen LogP contribution in [-0.2, 0) is 6.42 Å². The Hall–Kier alpha value is -3.90. The first-order valence-electron chi connectivity index (χ1n) is 11.5. The number of ether oxygens (including phenoxy) is 6. The Morgan fingerprint density at radius 3 is 2.32 bits per heavy atom. The van der Waals surface area contributed by atoms with Gasteiger partial charge in [0.25, 0.3) is 5.56 Å². The topological polar surface area (TPSA) is 121 Å². The van der Waals surface area contributed by atoms with Gasteiger partial charge in [0.15, 0.2) is 27.8 Å². The number of fused-ring (bicyclic) bond motifs is 2. The predicted octanol–water partition coefficient (Wildman–Crippen LogP) is 0.892. The number of methoxy groups -OCH3 is 4. The fourth-order valence-corrected chi connectivity index (χ4v) is 5.41. The smallest absolute Gasteiger partial charge is 0.260 e. The molecule has 0 bridgehead atoms. The highest BCUT2D eigenvalue weighted by molar-refractivity contribution is 7.71. The Morgan fingerprint density at radius 1 is 1.03 bits per heavy atom. The molecule has 0 saturated heterocycles. The van der Waals surface area contributed by atoms with E-state index in [0.29, 0.717) is 58.7 Å². The molecule has 2 aromatic carbocycles. The van der Waals surface area contributed by atoms with Gasteiger partial charge in [-0.3, -0.25) is 9.78 Å². The van der Waals surface area contributed by atoms with Crippen molar-refractivity contribution in [1.82, 2.24) is 9.55 Å². The minimum Gasteiger partial charge on any atom is -0.859 e. The zero-order chi connectivity index (χ0) is 26.4. The van der Waals surface area contributed by atoms with E-state index in [2.05, 4.69) is 4.98 Å². The number of quaternary nitrogens is 1. The van der Waals surface area contributed by atoms with Gasteiger partial charge >= 0.3 is 0 Å². The SMILES string of the molecule is COc1cc(-n2c([O-])c(C3c4c(cc5c(c4OC)OCO5)CC[NH+]3C)c(=O)[nH]c2=S)cc(OC)c1OC. The normalized spacial score (nSPS) is 17.8. The van der Waals surface area contributed by atoms with Crippen molar-refractivity contribution in [2.45, 2.75) is 12.5 Å². The molecule has 1 aromatic heterocycles. The summed E-state index contributed by atoms with van der Waals surface area (Å²) in [4.78, 5) is 17.0. The summed E-state index contributed by atoms with van der Waals surface area (Å²) in [6.45, 7) is 0.750. The quantitative estimate of drug-likeness (QED) is 0.449. The Labute approximate surface area is 217 Å². The molecule has 0 amide bonds. The van der Waals surface area contributed by atoms with Gasteiger partial charge in [0.1, 0.15) is 6.04 Å². The maximum atomic E-state index is 14.1. The molecule has 37 heavy (non-hydrogen) atoms. The molecule has 0 saturated carbocycles. The molecule has 5 rings (SSSR count). The maximum Gasteiger partial charge on any atom is 0.260 e. The van der Waals surface area contributed by atoms with E-state index in [1.54, 1.807) is 12.1 Å². The van der Waals surface area contributed by atoms with Crippen molar-refractivity contribution in [2.24, 2.45) is 0 Å². The lowest BCUT2D eigenvalue weighted by atomic mass is 9.87. The highest BCUT2D eigenvalue weighted by Crippen LogP contribution is 2.48. The number of likely N-dealkylation sites (N-methyl/N-ethyl adjacent to an activating group) is 1. The molecule has 11 nitrogen and oxygen atoms in total. The number of benzene rings is 2. The lowest BCUT2D eigenvalue weighted by Gasteiger charge is -2.35. The molecule has 0 aliphatic carbocycles. The summed E-state index contributed by atoms with van der Waals surface area (Å²) in [5.74, 6) is 1.98. The first-order valence-corrected chi connectivity index (χ1v) is 11.9. The number of nitrogens with one attached hydrogen (secondary N) is 2. The Morgan fingerprint density at radius 2 is 1.70 bits per heavy atom. The van der Waals surface area contributed by atoms with Crippen molar-refractivity contribution in [3.8, 4) is 46.1 Å². The van der Waals surface area contributed by atoms with Gasteiger partial charge in [-0.25, -0.2) is 0 Å². The molecular weight excluding hydrogens is 502 g/mol. The third-order valence-corrected chi connectivity index (χ3v) is 7.10. The lowest BCUT2D eigenvalue weighted by molar-refractivity contribution is -0.908. The van der Waals surface area contributed by atoms with Crippen LogP contribution in [-0.4, -0.2) is 58.4 Å². The first-order chi connectivity index (χ1) is 17.8. The molecular formula is C25H27N3O8S. The third-order valence-electron chi connectivity index (χ3n) is 6.82. The molecule has 3 aromatic rings. The van der Waals surface area contributed by atoms with E-state index in [4.69, 9.17) is 40.6 Å². The molecule has 2 aliphatic rings. The van der Waals surface area contributed by atoms with E-state index in [9.17, 15) is 9.90 Å². The zero-order valence-electron chi connectivity index (χ0n) is 21.1. The van der Waals surface area contributed by atoms with Gasteiger partial charge in [0.05, 0.1) is 58.8 Å². The van der Waals surface area contributed by atoms with E-state index >= 15 is 0 Å². The van der Waals surface area contributed by atoms with Crippen LogP contribution in [0.15, 0.2) is 23.0 Å². The van der Waals surface area contributed by atoms with Gasteiger partial charge < -0.3 is 43.0 Å². The average Bonchev–Trinajstić information content (AvgIpc) is 3.36. The Balaban J connectivity index is 1.78. The van der Waals surface area contributed by atoms with Gasteiger partial charge in [-0.2, -0.15) is 0 Å². The van der Waals surface area contributed by atoms with Gasteiger partial charge in [-0.15, -0.1) is 0 Å². The van der Waals surface area contributed by atoms with Crippen LogP contribution in [0.1, 0.15) is 22.7 Å². The highest BCUT2D eigenvalue weighted by atomic mass is 32.1. The summed E-state index contributed by atoms with van der Waals surface area (Å²) in [7, 11) is 7.90. The highest BCUT2D eigenvalue weighted by Gasteiger charge is 2.39. The molecule has 0 spiro atoms. The fourth-order valence-electron chi connectivity index (χ4n) is 5.13. The summed E-state index contributed by atoms with van der Waals surface area (Å²) in [5.41, 5.74) is 1.46. The van der Waals surface area contributed by atoms with Crippen molar-refractivity contribution in [2.75, 3.05) is 48.8 Å². The molecule has 2 aliphatic heterocycles. The van der Waals surface area contributed by atoms with Crippen LogP contribution in [0.4, 0.5) is 0 Å². The van der Waals surface area contributed by atoms with Crippen LogP contribution in [0.3, 0.4) is 0 Å². The van der Waals surface area contributed by atoms with Crippen LogP contribution in [0, 0.1) is 4.77 Å². The number of hydrogen-bond acceptors (Lipinski definition) is 9. The van der Waals surface area contributed by atoms with Crippen LogP contribution >= 0.6 is 12.2 Å². The van der Waals surface area contributed by atoms with Gasteiger partial charge in [0.2, 0.25) is 18.3 Å². The number of aromatic nitrogens is 2. The van der Waals surface area contributed by atoms with E-state index in [1.807, 2.05) is 13.1 Å². The summed E-state index contributed by atoms with van der Waals surface area (Å²) < 4.78 is 34.5. The summed E-state index contributed by atoms with van der Waals surface area (Å²) in [5, 5.41) is 14.1. The fraction of sp³-hybridized carbons (Fsp3) is 0.360. The Bertz CT molecular complexity index is 1470. The molecule has 2 N–H and O–H groups in total. The molecule has 2 atom stereocenters. The Kier molecular flexibility index (Phi) is 6.38. The number of rotatable bonds is 6. The van der Waals surface area contributed by atoms with Gasteiger partial charge in [-0.1, -0.05) is 0 Å². The van der Waals surface area contributed by atoms with Gasteiger partial charge in [-0.05, 0) is 29.7 Å². The van der Waals surface area contributed by atoms with Crippen molar-refractivity contribution in [3.05, 3.63) is 50.0 Å². The molecule has 0 fully saturated rings. The van der Waals surface area contributed by atoms with Crippen LogP contribution in [0.5, 0.6) is 40.4 Å². The van der Waals surface area contributed by atoms with Crippen molar-refractivity contribution >= 4 is 12.2 Å². The monoisotopic (exact) mass is 529 g/mol. The minimum atomic E-state index is -0.645. The third kappa shape index (κ3) is 3.83. The van der Waals surface area contributed by atoms with E-state index in [0.717, 1.165) is 10.5 Å². The number of hydrogen-bond donors (Lipinski definition) is 2. The standard InChI is InChI=1S/C25H27N3O8S/c1-27-7-6-12-8-16-21(36-11-35-16)22(34-5)17(12)19(27)18-23(29)26-25(37)28(24(18)30)13-9-14(31-2)20(33-4)15(10-13)32-3/h8-10,19,30H,6-7,11H2,1-5H3,(H,26,29,37). The second-order valence-electron chi connectivity index (χ2n) is 8.69. The largest absolute Gasteiger partial charge is 0.859 e. The van der Waals surface area contributed by atoms with Crippen LogP contribution in [0.25, 0.3) is 5.69 Å². The van der Waals surface area contributed by atoms with Crippen molar-refractivity contribution in [1.29, 1.82) is 0 Å². The molecule has 196 valence electrons. The lowest BCUT2D eigenvalue weighted by Crippen LogP contribution is -3.10. The first kappa shape index (κ1) is 24.8. The minimum absolute atomic E-state index is 0.0259. The summed E-state index contributed by atoms with van der Waals surface area (Å²) >= 11 is 5.44. The second-order valence-corrected chi connectivity index (χ2v) is 9.08. The van der Waals surface area contributed by atoms with Crippen LogP contribution in [0.2, 0.25) is 0 Å². The van der Waals surface area contributed by atoms with E-state index < -0.39 is 17.5 Å². The molecule has 0 radical (unpaired) electrons. The van der Waals surface area contributed by atoms with E-state index in [-0.39, 0.29) is 17.1 Å². The van der Waals surface area contributed by atoms with Crippen LogP contribution < -0.4 is 44.0 Å². The number of nitrogens with zero attached hydrogens (tertiary/aromatic N) is 1. The molecule has 3 heterocycles. The van der Waals surface area contributed by atoms with Gasteiger partial charge in [0, 0.05) is 18.6 Å². The predicted molar refractivity (Wildman–Crippen MR) is 133 cm³/mol. The van der Waals surface area contributed by atoms with Crippen molar-refractivity contribution in [3.63, 3.8) is 0 Å². The summed E-state index contributed by atoms with van der Waals surface area (Å²) in [6.07, 6.45) is 0.711. The zero-order valence-corrected chi connectivity index (χ0v) is 21.9. The van der Waals surface area contributed by atoms with Crippen molar-refractivity contribution < 1.29 is 38.4 Å². The molecule has 12 heteroatoms. The number of aromatic amines is 1. The second kappa shape index (κ2) is 9.52. The number of H-pyrrole nitrogens is 1. The molecule has 2 unspecified atom stereocenters. The maximum absolute atomic E-state index is 14.1. The summed E-state index contributed by atoms with van der Waals surface area (Å²) in [6, 6.07) is 4.45.